The van der Waals surface area contributed by atoms with Gasteiger partial charge in [0.15, 0.2) is 11.4 Å². The zero-order valence-electron chi connectivity index (χ0n) is 16.6. The van der Waals surface area contributed by atoms with Gasteiger partial charge in [0, 0.05) is 35.8 Å². The van der Waals surface area contributed by atoms with Gasteiger partial charge in [-0.1, -0.05) is 17.4 Å². The van der Waals surface area contributed by atoms with E-state index >= 15 is 0 Å². The maximum absolute atomic E-state index is 10.6. The van der Waals surface area contributed by atoms with E-state index in [1.165, 1.54) is 13.8 Å². The second-order valence-corrected chi connectivity index (χ2v) is 9.76. The highest BCUT2D eigenvalue weighted by Crippen LogP contribution is 2.31. The summed E-state index contributed by atoms with van der Waals surface area (Å²) in [5.41, 5.74) is 3.46. The van der Waals surface area contributed by atoms with Crippen LogP contribution in [0.2, 0.25) is 0 Å². The first kappa shape index (κ1) is 20.6. The maximum Gasteiger partial charge on any atom is 0.186 e. The summed E-state index contributed by atoms with van der Waals surface area (Å²) < 4.78 is 8.01. The molecule has 1 atom stereocenters. The van der Waals surface area contributed by atoms with Gasteiger partial charge in [-0.05, 0) is 77.9 Å². The SMILES string of the molecule is Cc1cc(CN2CCN(c3nc4ccc(I)cc4s3)C[C@@H]2C)cc(OCC=O)c1. The summed E-state index contributed by atoms with van der Waals surface area (Å²) in [4.78, 5) is 20.4. The molecule has 2 aromatic carbocycles. The van der Waals surface area contributed by atoms with Crippen LogP contribution in [-0.4, -0.2) is 48.5 Å². The molecule has 0 unspecified atom stereocenters. The second-order valence-electron chi connectivity index (χ2n) is 7.51. The zero-order chi connectivity index (χ0) is 20.4. The van der Waals surface area contributed by atoms with E-state index in [1.807, 2.05) is 12.1 Å². The summed E-state index contributed by atoms with van der Waals surface area (Å²) in [5, 5.41) is 1.12. The van der Waals surface area contributed by atoms with Crippen LogP contribution in [0.4, 0.5) is 5.13 Å². The van der Waals surface area contributed by atoms with Crippen LogP contribution in [0.3, 0.4) is 0 Å². The third kappa shape index (κ3) is 4.90. The number of carbonyl (C=O) groups excluding carboxylic acids is 1. The van der Waals surface area contributed by atoms with Gasteiger partial charge in [-0.3, -0.25) is 9.69 Å². The molecule has 0 N–H and O–H groups in total. The lowest BCUT2D eigenvalue weighted by atomic mass is 10.1. The standard InChI is InChI=1S/C22H24IN3O2S/c1-15-9-17(11-19(10-15)28-8-7-27)14-25-5-6-26(13-16(25)2)22-24-20-4-3-18(23)12-21(20)29-22/h3-4,7,9-12,16H,5-6,8,13-14H2,1-2H3/t16-/m0/s1. The van der Waals surface area contributed by atoms with Crippen LogP contribution in [0.1, 0.15) is 18.1 Å². The van der Waals surface area contributed by atoms with Crippen molar-refractivity contribution in [2.24, 2.45) is 0 Å². The predicted molar refractivity (Wildman–Crippen MR) is 127 cm³/mol. The predicted octanol–water partition coefficient (Wildman–Crippen LogP) is 4.50. The quantitative estimate of drug-likeness (QED) is 0.353. The Bertz CT molecular complexity index is 1020. The van der Waals surface area contributed by atoms with Crippen molar-refractivity contribution in [2.45, 2.75) is 26.4 Å². The van der Waals surface area contributed by atoms with Gasteiger partial charge >= 0.3 is 0 Å². The topological polar surface area (TPSA) is 45.7 Å². The smallest absolute Gasteiger partial charge is 0.186 e. The van der Waals surface area contributed by atoms with Gasteiger partial charge in [0.25, 0.3) is 0 Å². The number of aromatic nitrogens is 1. The van der Waals surface area contributed by atoms with Crippen molar-refractivity contribution in [3.63, 3.8) is 0 Å². The Morgan fingerprint density at radius 3 is 2.93 bits per heavy atom. The highest BCUT2D eigenvalue weighted by atomic mass is 127. The van der Waals surface area contributed by atoms with E-state index in [0.717, 1.165) is 54.4 Å². The van der Waals surface area contributed by atoms with Crippen LogP contribution in [0.5, 0.6) is 5.75 Å². The van der Waals surface area contributed by atoms with Crippen molar-refractivity contribution in [1.82, 2.24) is 9.88 Å². The number of rotatable bonds is 6. The molecular weight excluding hydrogens is 497 g/mol. The number of aryl methyl sites for hydroxylation is 1. The Hall–Kier alpha value is -1.71. The molecule has 1 aliphatic rings. The lowest BCUT2D eigenvalue weighted by Crippen LogP contribution is -2.51. The summed E-state index contributed by atoms with van der Waals surface area (Å²) in [6.07, 6.45) is 0.784. The molecule has 152 valence electrons. The Kier molecular flexibility index (Phi) is 6.36. The van der Waals surface area contributed by atoms with Crippen molar-refractivity contribution >= 4 is 55.6 Å². The first-order valence-electron chi connectivity index (χ1n) is 9.74. The first-order chi connectivity index (χ1) is 14.0. The van der Waals surface area contributed by atoms with Crippen LogP contribution in [0.25, 0.3) is 10.2 Å². The number of halogens is 1. The van der Waals surface area contributed by atoms with Crippen molar-refractivity contribution in [2.75, 3.05) is 31.1 Å². The summed E-state index contributed by atoms with van der Waals surface area (Å²) in [6, 6.07) is 13.1. The molecule has 3 aromatic rings. The highest BCUT2D eigenvalue weighted by molar-refractivity contribution is 14.1. The summed E-state index contributed by atoms with van der Waals surface area (Å²) >= 11 is 4.14. The van der Waals surface area contributed by atoms with Crippen molar-refractivity contribution in [3.8, 4) is 5.75 Å². The minimum Gasteiger partial charge on any atom is -0.486 e. The van der Waals surface area contributed by atoms with Gasteiger partial charge in [-0.25, -0.2) is 4.98 Å². The second kappa shape index (κ2) is 8.97. The fourth-order valence-corrected chi connectivity index (χ4v) is 5.53. The molecule has 1 saturated heterocycles. The average molecular weight is 521 g/mol. The van der Waals surface area contributed by atoms with Crippen LogP contribution >= 0.6 is 33.9 Å². The fraction of sp³-hybridized carbons (Fsp3) is 0.364. The maximum atomic E-state index is 10.6. The van der Waals surface area contributed by atoms with E-state index < -0.39 is 0 Å². The van der Waals surface area contributed by atoms with Crippen LogP contribution in [0, 0.1) is 10.5 Å². The number of nitrogens with zero attached hydrogens (tertiary/aromatic N) is 3. The lowest BCUT2D eigenvalue weighted by molar-refractivity contribution is -0.109. The van der Waals surface area contributed by atoms with Gasteiger partial charge in [-0.2, -0.15) is 0 Å². The molecule has 4 rings (SSSR count). The number of piperazine rings is 1. The molecule has 0 spiro atoms. The molecule has 29 heavy (non-hydrogen) atoms. The summed E-state index contributed by atoms with van der Waals surface area (Å²) in [5.74, 6) is 0.766. The number of hydrogen-bond donors (Lipinski definition) is 0. The molecule has 0 saturated carbocycles. The van der Waals surface area contributed by atoms with Crippen LogP contribution < -0.4 is 9.64 Å². The minimum atomic E-state index is 0.0964. The van der Waals surface area contributed by atoms with Gasteiger partial charge in [-0.15, -0.1) is 0 Å². The lowest BCUT2D eigenvalue weighted by Gasteiger charge is -2.39. The number of benzene rings is 2. The highest BCUT2D eigenvalue weighted by Gasteiger charge is 2.25. The van der Waals surface area contributed by atoms with Crippen LogP contribution in [0.15, 0.2) is 36.4 Å². The zero-order valence-corrected chi connectivity index (χ0v) is 19.6. The molecule has 1 aliphatic heterocycles. The fourth-order valence-electron chi connectivity index (χ4n) is 3.79. The van der Waals surface area contributed by atoms with Crippen molar-refractivity contribution in [1.29, 1.82) is 0 Å². The molecule has 5 nitrogen and oxygen atoms in total. The molecule has 0 aliphatic carbocycles. The van der Waals surface area contributed by atoms with Gasteiger partial charge in [0.2, 0.25) is 0 Å². The Labute approximate surface area is 188 Å². The van der Waals surface area contributed by atoms with E-state index in [2.05, 4.69) is 70.5 Å². The van der Waals surface area contributed by atoms with E-state index in [9.17, 15) is 4.79 Å². The Morgan fingerprint density at radius 1 is 1.28 bits per heavy atom. The van der Waals surface area contributed by atoms with E-state index in [1.54, 1.807) is 11.3 Å². The molecule has 0 amide bonds. The molecular formula is C22H24IN3O2S. The number of carbonyl (C=O) groups is 1. The molecule has 1 aromatic heterocycles. The Balaban J connectivity index is 1.43. The summed E-state index contributed by atoms with van der Waals surface area (Å²) in [7, 11) is 0. The largest absolute Gasteiger partial charge is 0.486 e. The number of fused-ring (bicyclic) bond motifs is 1. The van der Waals surface area contributed by atoms with Crippen molar-refractivity contribution in [3.05, 3.63) is 51.1 Å². The van der Waals surface area contributed by atoms with E-state index in [4.69, 9.17) is 9.72 Å². The molecule has 0 radical (unpaired) electrons. The number of aldehydes is 1. The molecule has 2 heterocycles. The number of ether oxygens (including phenoxy) is 1. The number of thiazole rings is 1. The molecule has 0 bridgehead atoms. The third-order valence-corrected chi connectivity index (χ3v) is 6.94. The summed E-state index contributed by atoms with van der Waals surface area (Å²) in [6.45, 7) is 8.26. The van der Waals surface area contributed by atoms with Gasteiger partial charge in [0.1, 0.15) is 12.4 Å². The third-order valence-electron chi connectivity index (χ3n) is 5.19. The number of hydrogen-bond acceptors (Lipinski definition) is 6. The molecule has 7 heteroatoms. The average Bonchev–Trinajstić information content (AvgIpc) is 3.10. The van der Waals surface area contributed by atoms with Gasteiger partial charge < -0.3 is 9.64 Å². The first-order valence-corrected chi connectivity index (χ1v) is 11.6. The van der Waals surface area contributed by atoms with E-state index in [-0.39, 0.29) is 6.61 Å². The minimum absolute atomic E-state index is 0.0964. The van der Waals surface area contributed by atoms with E-state index in [0.29, 0.717) is 6.04 Å². The van der Waals surface area contributed by atoms with Gasteiger partial charge in [0.05, 0.1) is 10.2 Å². The monoisotopic (exact) mass is 521 g/mol. The normalized spacial score (nSPS) is 17.6. The Morgan fingerprint density at radius 2 is 2.14 bits per heavy atom. The number of anilines is 1. The molecule has 1 fully saturated rings. The van der Waals surface area contributed by atoms with Crippen LogP contribution in [-0.2, 0) is 11.3 Å². The van der Waals surface area contributed by atoms with Crippen molar-refractivity contribution < 1.29 is 9.53 Å².